The molecule has 0 saturated heterocycles. The van der Waals surface area contributed by atoms with E-state index in [1.807, 2.05) is 11.8 Å². The highest BCUT2D eigenvalue weighted by molar-refractivity contribution is 7.99. The second-order valence-electron chi connectivity index (χ2n) is 4.26. The average molecular weight is 243 g/mol. The zero-order valence-corrected chi connectivity index (χ0v) is 11.1. The molecule has 17 heavy (non-hydrogen) atoms. The fourth-order valence-corrected chi connectivity index (χ4v) is 2.65. The molecule has 2 rings (SSSR count). The third-order valence-electron chi connectivity index (χ3n) is 2.43. The molecule has 0 aliphatic rings. The number of hydrogen-bond acceptors (Lipinski definition) is 2. The third-order valence-corrected chi connectivity index (χ3v) is 3.56. The van der Waals surface area contributed by atoms with E-state index in [0.29, 0.717) is 0 Å². The van der Waals surface area contributed by atoms with Crippen LogP contribution in [0.5, 0.6) is 0 Å². The Kier molecular flexibility index (Phi) is 4.24. The van der Waals surface area contributed by atoms with Gasteiger partial charge in [0.2, 0.25) is 0 Å². The highest BCUT2D eigenvalue weighted by Gasteiger charge is 2.04. The molecular weight excluding hydrogens is 226 g/mol. The van der Waals surface area contributed by atoms with E-state index in [1.54, 1.807) is 0 Å². The largest absolute Gasteiger partial charge is 0.305 e. The summed E-state index contributed by atoms with van der Waals surface area (Å²) in [6, 6.07) is 19.1. The molecule has 0 N–H and O–H groups in total. The van der Waals surface area contributed by atoms with E-state index < -0.39 is 0 Å². The van der Waals surface area contributed by atoms with Gasteiger partial charge >= 0.3 is 0 Å². The summed E-state index contributed by atoms with van der Waals surface area (Å²) in [7, 11) is 4.20. The molecule has 0 aliphatic carbocycles. The zero-order valence-electron chi connectivity index (χ0n) is 10.3. The summed E-state index contributed by atoms with van der Waals surface area (Å²) in [5.41, 5.74) is 1.38. The molecule has 2 heteroatoms. The van der Waals surface area contributed by atoms with Gasteiger partial charge in [-0.1, -0.05) is 48.2 Å². The molecule has 0 unspecified atom stereocenters. The first-order valence-electron chi connectivity index (χ1n) is 5.71. The van der Waals surface area contributed by atoms with Crippen molar-refractivity contribution in [3.05, 3.63) is 60.2 Å². The van der Waals surface area contributed by atoms with Gasteiger partial charge in [-0.15, -0.1) is 0 Å². The normalized spacial score (nSPS) is 10.8. The molecule has 0 amide bonds. The van der Waals surface area contributed by atoms with E-state index in [0.717, 1.165) is 6.54 Å². The van der Waals surface area contributed by atoms with Gasteiger partial charge in [0.15, 0.2) is 0 Å². The predicted octanol–water partition coefficient (Wildman–Crippen LogP) is 3.90. The van der Waals surface area contributed by atoms with Gasteiger partial charge in [0.1, 0.15) is 0 Å². The molecule has 0 heterocycles. The van der Waals surface area contributed by atoms with Gasteiger partial charge in [-0.2, -0.15) is 0 Å². The summed E-state index contributed by atoms with van der Waals surface area (Å²) in [5.74, 6) is 0. The topological polar surface area (TPSA) is 3.24 Å². The highest BCUT2D eigenvalue weighted by atomic mass is 32.2. The molecule has 0 atom stereocenters. The van der Waals surface area contributed by atoms with Crippen molar-refractivity contribution in [3.8, 4) is 0 Å². The van der Waals surface area contributed by atoms with Gasteiger partial charge < -0.3 is 4.90 Å². The van der Waals surface area contributed by atoms with Gasteiger partial charge in [-0.3, -0.25) is 0 Å². The molecule has 88 valence electrons. The van der Waals surface area contributed by atoms with Crippen LogP contribution in [-0.2, 0) is 6.54 Å². The zero-order chi connectivity index (χ0) is 12.1. The minimum Gasteiger partial charge on any atom is -0.305 e. The van der Waals surface area contributed by atoms with E-state index >= 15 is 0 Å². The Morgan fingerprint density at radius 2 is 1.53 bits per heavy atom. The molecule has 0 fully saturated rings. The molecule has 0 saturated carbocycles. The van der Waals surface area contributed by atoms with Crippen molar-refractivity contribution in [2.24, 2.45) is 0 Å². The van der Waals surface area contributed by atoms with Crippen molar-refractivity contribution >= 4 is 11.8 Å². The van der Waals surface area contributed by atoms with Crippen LogP contribution in [0.15, 0.2) is 64.4 Å². The second kappa shape index (κ2) is 5.89. The molecular formula is C15H17NS. The van der Waals surface area contributed by atoms with Crippen molar-refractivity contribution in [2.75, 3.05) is 14.1 Å². The van der Waals surface area contributed by atoms with Gasteiger partial charge in [0.05, 0.1) is 0 Å². The SMILES string of the molecule is CN(C)Cc1ccccc1Sc1ccccc1. The van der Waals surface area contributed by atoms with E-state index in [9.17, 15) is 0 Å². The maximum Gasteiger partial charge on any atom is 0.0238 e. The Hall–Kier alpha value is -1.25. The smallest absolute Gasteiger partial charge is 0.0238 e. The lowest BCUT2D eigenvalue weighted by Gasteiger charge is -2.13. The number of nitrogens with zero attached hydrogens (tertiary/aromatic N) is 1. The van der Waals surface area contributed by atoms with E-state index in [1.165, 1.54) is 15.4 Å². The number of benzene rings is 2. The van der Waals surface area contributed by atoms with Gasteiger partial charge in [0, 0.05) is 16.3 Å². The Morgan fingerprint density at radius 3 is 2.24 bits per heavy atom. The lowest BCUT2D eigenvalue weighted by atomic mass is 10.2. The Morgan fingerprint density at radius 1 is 0.882 bits per heavy atom. The van der Waals surface area contributed by atoms with Gasteiger partial charge in [-0.25, -0.2) is 0 Å². The van der Waals surface area contributed by atoms with E-state index in [-0.39, 0.29) is 0 Å². The molecule has 1 nitrogen and oxygen atoms in total. The van der Waals surface area contributed by atoms with Crippen molar-refractivity contribution in [3.63, 3.8) is 0 Å². The van der Waals surface area contributed by atoms with Crippen molar-refractivity contribution < 1.29 is 0 Å². The van der Waals surface area contributed by atoms with Crippen LogP contribution in [0.2, 0.25) is 0 Å². The fraction of sp³-hybridized carbons (Fsp3) is 0.200. The number of rotatable bonds is 4. The van der Waals surface area contributed by atoms with Gasteiger partial charge in [-0.05, 0) is 37.9 Å². The van der Waals surface area contributed by atoms with Crippen LogP contribution in [-0.4, -0.2) is 19.0 Å². The van der Waals surface area contributed by atoms with Crippen molar-refractivity contribution in [1.82, 2.24) is 4.90 Å². The van der Waals surface area contributed by atoms with Crippen LogP contribution in [0.25, 0.3) is 0 Å². The summed E-state index contributed by atoms with van der Waals surface area (Å²) < 4.78 is 0. The molecule has 0 aliphatic heterocycles. The van der Waals surface area contributed by atoms with E-state index in [4.69, 9.17) is 0 Å². The van der Waals surface area contributed by atoms with Crippen LogP contribution in [0.3, 0.4) is 0 Å². The first-order valence-corrected chi connectivity index (χ1v) is 6.53. The molecule has 0 bridgehead atoms. The van der Waals surface area contributed by atoms with Crippen molar-refractivity contribution in [2.45, 2.75) is 16.3 Å². The highest BCUT2D eigenvalue weighted by Crippen LogP contribution is 2.30. The average Bonchev–Trinajstić information content (AvgIpc) is 2.32. The minimum absolute atomic E-state index is 0.982. The Bertz CT molecular complexity index is 465. The maximum absolute atomic E-state index is 2.20. The molecule has 0 radical (unpaired) electrons. The Balaban J connectivity index is 2.20. The van der Waals surface area contributed by atoms with Crippen LogP contribution in [0.1, 0.15) is 5.56 Å². The fourth-order valence-electron chi connectivity index (χ4n) is 1.69. The summed E-state index contributed by atoms with van der Waals surface area (Å²) in [5, 5.41) is 0. The summed E-state index contributed by atoms with van der Waals surface area (Å²) in [6.45, 7) is 0.982. The van der Waals surface area contributed by atoms with Crippen LogP contribution >= 0.6 is 11.8 Å². The summed E-state index contributed by atoms with van der Waals surface area (Å²) in [4.78, 5) is 4.83. The quantitative estimate of drug-likeness (QED) is 0.801. The van der Waals surface area contributed by atoms with Crippen LogP contribution in [0.4, 0.5) is 0 Å². The first kappa shape index (κ1) is 12.2. The van der Waals surface area contributed by atoms with Crippen LogP contribution < -0.4 is 0 Å². The summed E-state index contributed by atoms with van der Waals surface area (Å²) >= 11 is 1.83. The van der Waals surface area contributed by atoms with Gasteiger partial charge in [0.25, 0.3) is 0 Å². The minimum atomic E-state index is 0.982. The Labute approximate surface area is 107 Å². The molecule has 0 aromatic heterocycles. The number of hydrogen-bond donors (Lipinski definition) is 0. The maximum atomic E-state index is 2.20. The summed E-state index contributed by atoms with van der Waals surface area (Å²) in [6.07, 6.45) is 0. The monoisotopic (exact) mass is 243 g/mol. The van der Waals surface area contributed by atoms with E-state index in [2.05, 4.69) is 73.6 Å². The lowest BCUT2D eigenvalue weighted by molar-refractivity contribution is 0.399. The van der Waals surface area contributed by atoms with Crippen LogP contribution in [0, 0.1) is 0 Å². The molecule has 0 spiro atoms. The molecule has 2 aromatic carbocycles. The van der Waals surface area contributed by atoms with Crippen molar-refractivity contribution in [1.29, 1.82) is 0 Å². The third kappa shape index (κ3) is 3.62. The first-order chi connectivity index (χ1) is 8.25. The second-order valence-corrected chi connectivity index (χ2v) is 5.38. The molecule has 2 aromatic rings. The standard InChI is InChI=1S/C15H17NS/c1-16(2)12-13-8-6-7-11-15(13)17-14-9-4-3-5-10-14/h3-11H,12H2,1-2H3. The predicted molar refractivity (Wildman–Crippen MR) is 74.4 cm³/mol. The lowest BCUT2D eigenvalue weighted by Crippen LogP contribution is -2.11.